The Kier molecular flexibility index (Phi) is 6.09. The van der Waals surface area contributed by atoms with Gasteiger partial charge in [-0.25, -0.2) is 9.48 Å². The molecule has 2 heterocycles. The summed E-state index contributed by atoms with van der Waals surface area (Å²) in [7, 11) is 1.57. The Labute approximate surface area is 186 Å². The maximum absolute atomic E-state index is 12.7. The Morgan fingerprint density at radius 1 is 1.06 bits per heavy atom. The van der Waals surface area contributed by atoms with Crippen LogP contribution in [-0.2, 0) is 4.79 Å². The number of nitrogens with zero attached hydrogens (tertiary/aromatic N) is 2. The molecule has 1 aliphatic rings. The molecule has 4 N–H and O–H groups in total. The summed E-state index contributed by atoms with van der Waals surface area (Å²) in [6.45, 7) is 3.81. The van der Waals surface area contributed by atoms with Crippen molar-refractivity contribution in [2.75, 3.05) is 17.7 Å². The maximum atomic E-state index is 12.7. The number of ether oxygens (including phenoxy) is 1. The second-order valence-corrected chi connectivity index (χ2v) is 7.69. The maximum Gasteiger partial charge on any atom is 0.324 e. The van der Waals surface area contributed by atoms with Crippen LogP contribution in [0.1, 0.15) is 20.1 Å². The van der Waals surface area contributed by atoms with Gasteiger partial charge in [0.05, 0.1) is 18.7 Å². The Hall–Kier alpha value is -3.85. The van der Waals surface area contributed by atoms with Gasteiger partial charge in [-0.15, -0.1) is 0 Å². The van der Waals surface area contributed by atoms with Crippen LogP contribution in [-0.4, -0.2) is 34.9 Å². The van der Waals surface area contributed by atoms with E-state index in [0.717, 1.165) is 5.56 Å². The predicted octanol–water partition coefficient (Wildman–Crippen LogP) is 3.40. The summed E-state index contributed by atoms with van der Waals surface area (Å²) in [5.74, 6) is 0.813. The van der Waals surface area contributed by atoms with Crippen LogP contribution in [0.5, 0.6) is 5.75 Å². The van der Waals surface area contributed by atoms with E-state index in [1.807, 2.05) is 44.2 Å². The standard InChI is InChI=1S/C23H26N6O3/c1-14-15(2)24-22(27-21(14)30)29-20(13-19(28-29)16-8-5-4-6-9-16)26-23(31)25-17-10-7-11-18(12-17)32-3/h4-15,22,24H,1-3H3,(H,27,30)(H2,25,26,31). The third-order valence-corrected chi connectivity index (χ3v) is 5.48. The first-order valence-corrected chi connectivity index (χ1v) is 10.4. The molecule has 0 bridgehead atoms. The Morgan fingerprint density at radius 2 is 1.84 bits per heavy atom. The van der Waals surface area contributed by atoms with Crippen LogP contribution in [0.15, 0.2) is 60.7 Å². The van der Waals surface area contributed by atoms with E-state index < -0.39 is 12.3 Å². The molecule has 32 heavy (non-hydrogen) atoms. The van der Waals surface area contributed by atoms with Gasteiger partial charge in [0.2, 0.25) is 5.91 Å². The number of carbonyl (C=O) groups is 2. The SMILES string of the molecule is COc1cccc(NC(=O)Nc2cc(-c3ccccc3)nn2C2NC(=O)C(C)C(C)N2)c1. The summed E-state index contributed by atoms with van der Waals surface area (Å²) in [6.07, 6.45) is -0.599. The van der Waals surface area contributed by atoms with Gasteiger partial charge < -0.3 is 15.4 Å². The highest BCUT2D eigenvalue weighted by Gasteiger charge is 2.32. The fourth-order valence-corrected chi connectivity index (χ4v) is 3.47. The van der Waals surface area contributed by atoms with E-state index in [9.17, 15) is 9.59 Å². The lowest BCUT2D eigenvalue weighted by atomic mass is 10.0. The van der Waals surface area contributed by atoms with Gasteiger partial charge in [-0.1, -0.05) is 43.3 Å². The van der Waals surface area contributed by atoms with E-state index in [2.05, 4.69) is 26.4 Å². The molecule has 1 aliphatic heterocycles. The molecule has 1 fully saturated rings. The van der Waals surface area contributed by atoms with Crippen molar-refractivity contribution < 1.29 is 14.3 Å². The third kappa shape index (κ3) is 4.57. The molecule has 0 spiro atoms. The molecular formula is C23H26N6O3. The zero-order chi connectivity index (χ0) is 22.7. The molecule has 3 amide bonds. The molecule has 1 aromatic heterocycles. The second kappa shape index (κ2) is 9.11. The number of hydrogen-bond donors (Lipinski definition) is 4. The molecule has 0 radical (unpaired) electrons. The minimum Gasteiger partial charge on any atom is -0.497 e. The van der Waals surface area contributed by atoms with Crippen LogP contribution < -0.4 is 26.0 Å². The average Bonchev–Trinajstić information content (AvgIpc) is 3.21. The summed E-state index contributed by atoms with van der Waals surface area (Å²) in [5.41, 5.74) is 2.15. The quantitative estimate of drug-likeness (QED) is 0.492. The molecule has 2 aromatic carbocycles. The summed E-state index contributed by atoms with van der Waals surface area (Å²) in [4.78, 5) is 25.1. The third-order valence-electron chi connectivity index (χ3n) is 5.48. The first kappa shape index (κ1) is 21.4. The lowest BCUT2D eigenvalue weighted by Gasteiger charge is -2.34. The van der Waals surface area contributed by atoms with Crippen LogP contribution in [0.4, 0.5) is 16.3 Å². The topological polar surface area (TPSA) is 109 Å². The largest absolute Gasteiger partial charge is 0.497 e. The number of rotatable bonds is 5. The molecular weight excluding hydrogens is 408 g/mol. The zero-order valence-corrected chi connectivity index (χ0v) is 18.1. The number of anilines is 2. The number of nitrogens with one attached hydrogen (secondary N) is 4. The van der Waals surface area contributed by atoms with Crippen molar-refractivity contribution in [3.8, 4) is 17.0 Å². The molecule has 9 nitrogen and oxygen atoms in total. The van der Waals surface area contributed by atoms with Gasteiger partial charge in [0.25, 0.3) is 0 Å². The number of benzene rings is 2. The molecule has 9 heteroatoms. The fourth-order valence-electron chi connectivity index (χ4n) is 3.47. The zero-order valence-electron chi connectivity index (χ0n) is 18.1. The Bertz CT molecular complexity index is 1110. The number of amides is 3. The molecule has 4 rings (SSSR count). The number of methoxy groups -OCH3 is 1. The van der Waals surface area contributed by atoms with Crippen molar-refractivity contribution in [2.24, 2.45) is 5.92 Å². The highest BCUT2D eigenvalue weighted by atomic mass is 16.5. The van der Waals surface area contributed by atoms with E-state index in [-0.39, 0.29) is 17.9 Å². The average molecular weight is 435 g/mol. The normalized spacial score (nSPS) is 20.3. The van der Waals surface area contributed by atoms with Gasteiger partial charge in [0.15, 0.2) is 6.29 Å². The summed E-state index contributed by atoms with van der Waals surface area (Å²) in [5, 5.41) is 16.6. The molecule has 166 valence electrons. The molecule has 3 aromatic rings. The molecule has 1 saturated heterocycles. The van der Waals surface area contributed by atoms with E-state index in [1.165, 1.54) is 0 Å². The van der Waals surface area contributed by atoms with E-state index in [4.69, 9.17) is 4.74 Å². The molecule has 0 saturated carbocycles. The molecule has 3 unspecified atom stereocenters. The number of aromatic nitrogens is 2. The smallest absolute Gasteiger partial charge is 0.324 e. The Balaban J connectivity index is 1.61. The first-order chi connectivity index (χ1) is 15.4. The number of carbonyl (C=O) groups excluding carboxylic acids is 2. The van der Waals surface area contributed by atoms with E-state index in [0.29, 0.717) is 22.9 Å². The van der Waals surface area contributed by atoms with Crippen molar-refractivity contribution >= 4 is 23.4 Å². The number of hydrogen-bond acceptors (Lipinski definition) is 5. The summed E-state index contributed by atoms with van der Waals surface area (Å²) >= 11 is 0. The minimum absolute atomic E-state index is 0.0587. The van der Waals surface area contributed by atoms with Crippen molar-refractivity contribution in [2.45, 2.75) is 26.2 Å². The highest BCUT2D eigenvalue weighted by molar-refractivity contribution is 5.99. The summed E-state index contributed by atoms with van der Waals surface area (Å²) in [6, 6.07) is 18.0. The lowest BCUT2D eigenvalue weighted by molar-refractivity contribution is -0.130. The van der Waals surface area contributed by atoms with Gasteiger partial charge >= 0.3 is 6.03 Å². The molecule has 0 aliphatic carbocycles. The van der Waals surface area contributed by atoms with Crippen molar-refractivity contribution in [3.63, 3.8) is 0 Å². The van der Waals surface area contributed by atoms with Gasteiger partial charge in [-0.2, -0.15) is 5.10 Å². The van der Waals surface area contributed by atoms with Crippen LogP contribution in [0, 0.1) is 5.92 Å². The fraction of sp³-hybridized carbons (Fsp3) is 0.261. The minimum atomic E-state index is -0.599. The van der Waals surface area contributed by atoms with Crippen LogP contribution in [0.25, 0.3) is 11.3 Å². The lowest BCUT2D eigenvalue weighted by Crippen LogP contribution is -2.57. The van der Waals surface area contributed by atoms with Gasteiger partial charge in [0, 0.05) is 29.4 Å². The highest BCUT2D eigenvalue weighted by Crippen LogP contribution is 2.26. The molecule has 3 atom stereocenters. The van der Waals surface area contributed by atoms with Crippen LogP contribution in [0.3, 0.4) is 0 Å². The summed E-state index contributed by atoms with van der Waals surface area (Å²) < 4.78 is 6.78. The Morgan fingerprint density at radius 3 is 2.56 bits per heavy atom. The predicted molar refractivity (Wildman–Crippen MR) is 122 cm³/mol. The van der Waals surface area contributed by atoms with E-state index in [1.54, 1.807) is 42.1 Å². The van der Waals surface area contributed by atoms with Gasteiger partial charge in [-0.05, 0) is 19.1 Å². The first-order valence-electron chi connectivity index (χ1n) is 10.4. The van der Waals surface area contributed by atoms with Crippen molar-refractivity contribution in [1.82, 2.24) is 20.4 Å². The van der Waals surface area contributed by atoms with E-state index >= 15 is 0 Å². The monoisotopic (exact) mass is 434 g/mol. The number of urea groups is 1. The van der Waals surface area contributed by atoms with Crippen LogP contribution >= 0.6 is 0 Å². The van der Waals surface area contributed by atoms with Gasteiger partial charge in [-0.3, -0.25) is 15.4 Å². The van der Waals surface area contributed by atoms with Crippen molar-refractivity contribution in [1.29, 1.82) is 0 Å². The van der Waals surface area contributed by atoms with Gasteiger partial charge in [0.1, 0.15) is 11.6 Å². The van der Waals surface area contributed by atoms with Crippen molar-refractivity contribution in [3.05, 3.63) is 60.7 Å². The second-order valence-electron chi connectivity index (χ2n) is 7.69. The van der Waals surface area contributed by atoms with Crippen LogP contribution in [0.2, 0.25) is 0 Å².